The summed E-state index contributed by atoms with van der Waals surface area (Å²) in [5.74, 6) is -0.374. The molecule has 0 saturated carbocycles. The van der Waals surface area contributed by atoms with E-state index in [2.05, 4.69) is 19.2 Å². The molecule has 0 heterocycles. The Morgan fingerprint density at radius 2 is 1.49 bits per heavy atom. The summed E-state index contributed by atoms with van der Waals surface area (Å²) in [6, 6.07) is 19.9. The maximum Gasteiger partial charge on any atom is 0.264 e. The molecule has 0 aliphatic carbocycles. The Morgan fingerprint density at radius 1 is 0.878 bits per heavy atom. The van der Waals surface area contributed by atoms with Gasteiger partial charge >= 0.3 is 0 Å². The molecule has 2 amide bonds. The zero-order valence-corrected chi connectivity index (χ0v) is 26.2. The highest BCUT2D eigenvalue weighted by Crippen LogP contribution is 2.27. The molecule has 0 unspecified atom stereocenters. The number of rotatable bonds is 12. The van der Waals surface area contributed by atoms with Crippen LogP contribution in [0.15, 0.2) is 77.7 Å². The van der Waals surface area contributed by atoms with Crippen LogP contribution in [0.25, 0.3) is 0 Å². The molecule has 0 aliphatic heterocycles. The standard InChI is InChI=1S/C32H40ClN3O4S/c1-22(2)19-34-32(38)25(6)35(20-27-9-7-8-10-30(27)33)31(37)21-36(28-15-13-26(14-16-28)23(3)4)41(39,40)29-17-11-24(5)12-18-29/h7-18,22-23,25H,19-21H2,1-6H3,(H,34,38)/t25-/m0/s1. The third-order valence-electron chi connectivity index (χ3n) is 6.89. The predicted molar refractivity (Wildman–Crippen MR) is 166 cm³/mol. The van der Waals surface area contributed by atoms with E-state index < -0.39 is 28.5 Å². The van der Waals surface area contributed by atoms with Crippen LogP contribution in [0.2, 0.25) is 5.02 Å². The van der Waals surface area contributed by atoms with Crippen molar-refractivity contribution >= 4 is 39.1 Å². The van der Waals surface area contributed by atoms with E-state index in [-0.39, 0.29) is 29.2 Å². The van der Waals surface area contributed by atoms with Crippen LogP contribution in [-0.4, -0.2) is 44.3 Å². The molecule has 0 aromatic heterocycles. The van der Waals surface area contributed by atoms with Crippen molar-refractivity contribution < 1.29 is 18.0 Å². The molecule has 3 aromatic rings. The summed E-state index contributed by atoms with van der Waals surface area (Å²) in [5.41, 5.74) is 2.97. The Kier molecular flexibility index (Phi) is 11.0. The quantitative estimate of drug-likeness (QED) is 0.271. The number of hydrogen-bond acceptors (Lipinski definition) is 4. The number of nitrogens with zero attached hydrogens (tertiary/aromatic N) is 2. The van der Waals surface area contributed by atoms with Gasteiger partial charge in [0, 0.05) is 18.1 Å². The summed E-state index contributed by atoms with van der Waals surface area (Å²) >= 11 is 6.42. The van der Waals surface area contributed by atoms with Gasteiger partial charge in [0.15, 0.2) is 0 Å². The van der Waals surface area contributed by atoms with Crippen molar-refractivity contribution in [1.82, 2.24) is 10.2 Å². The molecule has 220 valence electrons. The van der Waals surface area contributed by atoms with E-state index in [4.69, 9.17) is 11.6 Å². The molecule has 3 rings (SSSR count). The van der Waals surface area contributed by atoms with Gasteiger partial charge in [-0.1, -0.05) is 87.3 Å². The molecule has 7 nitrogen and oxygen atoms in total. The summed E-state index contributed by atoms with van der Waals surface area (Å²) in [7, 11) is -4.12. The number of aryl methyl sites for hydroxylation is 1. The van der Waals surface area contributed by atoms with E-state index in [9.17, 15) is 18.0 Å². The molecule has 0 fully saturated rings. The molecule has 3 aromatic carbocycles. The Labute approximate surface area is 249 Å². The van der Waals surface area contributed by atoms with Gasteiger partial charge in [0.2, 0.25) is 11.8 Å². The Morgan fingerprint density at radius 3 is 2.05 bits per heavy atom. The Balaban J connectivity index is 2.04. The fraction of sp³-hybridized carbons (Fsp3) is 0.375. The molecule has 0 aliphatic rings. The van der Waals surface area contributed by atoms with E-state index in [0.717, 1.165) is 15.4 Å². The first-order chi connectivity index (χ1) is 19.3. The third kappa shape index (κ3) is 8.33. The topological polar surface area (TPSA) is 86.8 Å². The first-order valence-corrected chi connectivity index (χ1v) is 15.6. The van der Waals surface area contributed by atoms with Crippen LogP contribution < -0.4 is 9.62 Å². The third-order valence-corrected chi connectivity index (χ3v) is 9.04. The lowest BCUT2D eigenvalue weighted by atomic mass is 10.0. The second kappa shape index (κ2) is 14.0. The van der Waals surface area contributed by atoms with Crippen molar-refractivity contribution in [2.75, 3.05) is 17.4 Å². The second-order valence-corrected chi connectivity index (χ2v) is 13.3. The molecule has 0 bridgehead atoms. The summed E-state index contributed by atoms with van der Waals surface area (Å²) < 4.78 is 29.1. The SMILES string of the molecule is Cc1ccc(S(=O)(=O)N(CC(=O)N(Cc2ccccc2Cl)[C@@H](C)C(=O)NCC(C)C)c2ccc(C(C)C)cc2)cc1. The van der Waals surface area contributed by atoms with Crippen molar-refractivity contribution in [1.29, 1.82) is 0 Å². The highest BCUT2D eigenvalue weighted by molar-refractivity contribution is 7.92. The van der Waals surface area contributed by atoms with E-state index in [1.807, 2.05) is 32.9 Å². The zero-order valence-electron chi connectivity index (χ0n) is 24.6. The monoisotopic (exact) mass is 597 g/mol. The van der Waals surface area contributed by atoms with Crippen molar-refractivity contribution in [2.24, 2.45) is 5.92 Å². The molecule has 9 heteroatoms. The minimum Gasteiger partial charge on any atom is -0.354 e. The van der Waals surface area contributed by atoms with Gasteiger partial charge in [-0.05, 0) is 67.1 Å². The Bertz CT molecular complexity index is 1440. The van der Waals surface area contributed by atoms with Gasteiger partial charge in [0.25, 0.3) is 10.0 Å². The number of halogens is 1. The molecular formula is C32H40ClN3O4S. The highest BCUT2D eigenvalue weighted by Gasteiger charge is 2.32. The summed E-state index contributed by atoms with van der Waals surface area (Å²) in [4.78, 5) is 28.6. The first-order valence-electron chi connectivity index (χ1n) is 13.8. The summed E-state index contributed by atoms with van der Waals surface area (Å²) in [6.45, 7) is 11.6. The maximum atomic E-state index is 14.0. The molecule has 1 atom stereocenters. The smallest absolute Gasteiger partial charge is 0.264 e. The fourth-order valence-electron chi connectivity index (χ4n) is 4.24. The molecule has 0 saturated heterocycles. The van der Waals surface area contributed by atoms with Crippen molar-refractivity contribution in [3.63, 3.8) is 0 Å². The lowest BCUT2D eigenvalue weighted by Crippen LogP contribution is -2.51. The van der Waals surface area contributed by atoms with Crippen molar-refractivity contribution in [3.05, 3.63) is 94.5 Å². The van der Waals surface area contributed by atoms with Crippen LogP contribution in [-0.2, 0) is 26.2 Å². The van der Waals surface area contributed by atoms with Crippen LogP contribution in [0, 0.1) is 12.8 Å². The normalized spacial score (nSPS) is 12.3. The summed E-state index contributed by atoms with van der Waals surface area (Å²) in [5, 5.41) is 3.34. The minimum atomic E-state index is -4.12. The Hall–Kier alpha value is -3.36. The van der Waals surface area contributed by atoms with Gasteiger partial charge in [-0.2, -0.15) is 0 Å². The van der Waals surface area contributed by atoms with Crippen LogP contribution in [0.1, 0.15) is 57.2 Å². The van der Waals surface area contributed by atoms with Crippen molar-refractivity contribution in [2.45, 2.75) is 64.9 Å². The van der Waals surface area contributed by atoms with Crippen LogP contribution >= 0.6 is 11.6 Å². The van der Waals surface area contributed by atoms with E-state index in [1.165, 1.54) is 17.0 Å². The predicted octanol–water partition coefficient (Wildman–Crippen LogP) is 6.16. The number of nitrogens with one attached hydrogen (secondary N) is 1. The number of hydrogen-bond donors (Lipinski definition) is 1. The number of carbonyl (C=O) groups excluding carboxylic acids is 2. The van der Waals surface area contributed by atoms with Crippen LogP contribution in [0.3, 0.4) is 0 Å². The van der Waals surface area contributed by atoms with Gasteiger partial charge in [0.05, 0.1) is 10.6 Å². The fourth-order valence-corrected chi connectivity index (χ4v) is 5.85. The number of benzene rings is 3. The molecule has 0 spiro atoms. The van der Waals surface area contributed by atoms with Crippen molar-refractivity contribution in [3.8, 4) is 0 Å². The van der Waals surface area contributed by atoms with Gasteiger partial charge in [-0.25, -0.2) is 8.42 Å². The number of sulfonamides is 1. The largest absolute Gasteiger partial charge is 0.354 e. The van der Waals surface area contributed by atoms with Crippen LogP contribution in [0.5, 0.6) is 0 Å². The van der Waals surface area contributed by atoms with Gasteiger partial charge in [0.1, 0.15) is 12.6 Å². The zero-order chi connectivity index (χ0) is 30.3. The lowest BCUT2D eigenvalue weighted by Gasteiger charge is -2.32. The molecule has 41 heavy (non-hydrogen) atoms. The molecule has 0 radical (unpaired) electrons. The second-order valence-electron chi connectivity index (χ2n) is 11.0. The number of carbonyl (C=O) groups is 2. The van der Waals surface area contributed by atoms with Gasteiger partial charge < -0.3 is 10.2 Å². The van der Waals surface area contributed by atoms with E-state index in [0.29, 0.717) is 22.8 Å². The van der Waals surface area contributed by atoms with Crippen LogP contribution in [0.4, 0.5) is 5.69 Å². The minimum absolute atomic E-state index is 0.0411. The average Bonchev–Trinajstić information content (AvgIpc) is 2.93. The summed E-state index contributed by atoms with van der Waals surface area (Å²) in [6.07, 6.45) is 0. The highest BCUT2D eigenvalue weighted by atomic mass is 35.5. The number of amides is 2. The number of anilines is 1. The van der Waals surface area contributed by atoms with Gasteiger partial charge in [-0.15, -0.1) is 0 Å². The van der Waals surface area contributed by atoms with E-state index in [1.54, 1.807) is 55.5 Å². The molecular weight excluding hydrogens is 558 g/mol. The molecule has 1 N–H and O–H groups in total. The average molecular weight is 598 g/mol. The first kappa shape index (κ1) is 32.2. The lowest BCUT2D eigenvalue weighted by molar-refractivity contribution is -0.139. The van der Waals surface area contributed by atoms with E-state index >= 15 is 0 Å². The maximum absolute atomic E-state index is 14.0. The van der Waals surface area contributed by atoms with Gasteiger partial charge in [-0.3, -0.25) is 13.9 Å².